The monoisotopic (exact) mass is 285 g/mol. The van der Waals surface area contributed by atoms with Gasteiger partial charge in [0.15, 0.2) is 0 Å². The van der Waals surface area contributed by atoms with Gasteiger partial charge in [0.25, 0.3) is 0 Å². The van der Waals surface area contributed by atoms with E-state index in [-0.39, 0.29) is 12.6 Å². The zero-order valence-corrected chi connectivity index (χ0v) is 12.3. The van der Waals surface area contributed by atoms with Gasteiger partial charge in [0.1, 0.15) is 0 Å². The van der Waals surface area contributed by atoms with Crippen LogP contribution in [-0.4, -0.2) is 34.2 Å². The number of rotatable bonds is 3. The fraction of sp³-hybridized carbons (Fsp3) is 0.471. The van der Waals surface area contributed by atoms with Crippen molar-refractivity contribution in [3.05, 3.63) is 36.0 Å². The van der Waals surface area contributed by atoms with Crippen LogP contribution < -0.4 is 5.73 Å². The Kier molecular flexibility index (Phi) is 4.36. The number of nitrogen functional groups attached to an aromatic ring is 1. The molecule has 21 heavy (non-hydrogen) atoms. The summed E-state index contributed by atoms with van der Waals surface area (Å²) in [7, 11) is 0. The lowest BCUT2D eigenvalue weighted by Gasteiger charge is -2.28. The van der Waals surface area contributed by atoms with Crippen molar-refractivity contribution in [1.82, 2.24) is 9.88 Å². The summed E-state index contributed by atoms with van der Waals surface area (Å²) in [5.74, 6) is 0. The second-order valence-electron chi connectivity index (χ2n) is 5.87. The standard InChI is InChI=1S/C17H23N3O/c18-16-8-7-13(17-15(16)6-4-9-19-17)11-20-10-3-1-2-5-14(20)12-21/h4,6-9,14,21H,1-3,5,10-12,18H2. The number of aliphatic hydroxyl groups excluding tert-OH is 1. The zero-order valence-electron chi connectivity index (χ0n) is 12.3. The van der Waals surface area contributed by atoms with Gasteiger partial charge in [-0.1, -0.05) is 18.9 Å². The summed E-state index contributed by atoms with van der Waals surface area (Å²) in [6, 6.07) is 8.25. The molecular weight excluding hydrogens is 262 g/mol. The molecular formula is C17H23N3O. The molecule has 0 bridgehead atoms. The fourth-order valence-electron chi connectivity index (χ4n) is 3.25. The van der Waals surface area contributed by atoms with Gasteiger partial charge in [-0.3, -0.25) is 9.88 Å². The third kappa shape index (κ3) is 3.01. The van der Waals surface area contributed by atoms with Crippen molar-refractivity contribution in [1.29, 1.82) is 0 Å². The van der Waals surface area contributed by atoms with Gasteiger partial charge in [-0.15, -0.1) is 0 Å². The number of pyridine rings is 1. The minimum atomic E-state index is 0.236. The van der Waals surface area contributed by atoms with Crippen LogP contribution in [0.1, 0.15) is 31.2 Å². The van der Waals surface area contributed by atoms with Crippen LogP contribution in [0.3, 0.4) is 0 Å². The molecule has 1 aliphatic rings. The minimum Gasteiger partial charge on any atom is -0.398 e. The van der Waals surface area contributed by atoms with Gasteiger partial charge in [0, 0.05) is 29.9 Å². The van der Waals surface area contributed by atoms with E-state index >= 15 is 0 Å². The Hall–Kier alpha value is -1.65. The van der Waals surface area contributed by atoms with E-state index in [1.165, 1.54) is 24.8 Å². The number of nitrogens with two attached hydrogens (primary N) is 1. The third-order valence-corrected chi connectivity index (χ3v) is 4.47. The predicted octanol–water partition coefficient (Wildman–Crippen LogP) is 2.55. The van der Waals surface area contributed by atoms with Crippen LogP contribution in [0.4, 0.5) is 5.69 Å². The van der Waals surface area contributed by atoms with Crippen molar-refractivity contribution in [3.8, 4) is 0 Å². The van der Waals surface area contributed by atoms with Crippen LogP contribution in [0.15, 0.2) is 30.5 Å². The van der Waals surface area contributed by atoms with Crippen molar-refractivity contribution < 1.29 is 5.11 Å². The van der Waals surface area contributed by atoms with E-state index in [1.807, 2.05) is 24.4 Å². The number of aliphatic hydroxyl groups is 1. The SMILES string of the molecule is Nc1ccc(CN2CCCCCC2CO)c2ncccc12. The summed E-state index contributed by atoms with van der Waals surface area (Å²) in [5.41, 5.74) is 9.00. The molecule has 0 radical (unpaired) electrons. The summed E-state index contributed by atoms with van der Waals surface area (Å²) in [6.07, 6.45) is 6.57. The van der Waals surface area contributed by atoms with Crippen molar-refractivity contribution in [2.75, 3.05) is 18.9 Å². The topological polar surface area (TPSA) is 62.4 Å². The second-order valence-corrected chi connectivity index (χ2v) is 5.87. The van der Waals surface area contributed by atoms with E-state index < -0.39 is 0 Å². The molecule has 1 fully saturated rings. The first-order chi connectivity index (χ1) is 10.3. The number of hydrogen-bond acceptors (Lipinski definition) is 4. The maximum atomic E-state index is 9.64. The van der Waals surface area contributed by atoms with E-state index in [0.29, 0.717) is 0 Å². The highest BCUT2D eigenvalue weighted by atomic mass is 16.3. The number of likely N-dealkylation sites (tertiary alicyclic amines) is 1. The first kappa shape index (κ1) is 14.3. The number of aromatic nitrogens is 1. The molecule has 2 aromatic rings. The van der Waals surface area contributed by atoms with Gasteiger partial charge in [-0.05, 0) is 43.1 Å². The van der Waals surface area contributed by atoms with E-state index in [0.717, 1.165) is 36.1 Å². The number of anilines is 1. The molecule has 0 spiro atoms. The second kappa shape index (κ2) is 6.41. The van der Waals surface area contributed by atoms with Gasteiger partial charge in [0.05, 0.1) is 12.1 Å². The lowest BCUT2D eigenvalue weighted by atomic mass is 10.1. The molecule has 1 aliphatic heterocycles. The Morgan fingerprint density at radius 1 is 1.24 bits per heavy atom. The number of hydrogen-bond donors (Lipinski definition) is 2. The molecule has 0 saturated carbocycles. The fourth-order valence-corrected chi connectivity index (χ4v) is 3.25. The summed E-state index contributed by atoms with van der Waals surface area (Å²) < 4.78 is 0. The van der Waals surface area contributed by atoms with Crippen LogP contribution in [0.5, 0.6) is 0 Å². The Labute approximate surface area is 125 Å². The minimum absolute atomic E-state index is 0.236. The highest BCUT2D eigenvalue weighted by molar-refractivity contribution is 5.92. The highest BCUT2D eigenvalue weighted by Gasteiger charge is 2.21. The van der Waals surface area contributed by atoms with Crippen LogP contribution in [0.2, 0.25) is 0 Å². The van der Waals surface area contributed by atoms with E-state index in [2.05, 4.69) is 16.0 Å². The molecule has 1 saturated heterocycles. The van der Waals surface area contributed by atoms with Gasteiger partial charge >= 0.3 is 0 Å². The normalized spacial score (nSPS) is 20.5. The summed E-state index contributed by atoms with van der Waals surface area (Å²) >= 11 is 0. The van der Waals surface area contributed by atoms with Crippen molar-refractivity contribution in [2.45, 2.75) is 38.3 Å². The first-order valence-corrected chi connectivity index (χ1v) is 7.76. The molecule has 112 valence electrons. The van der Waals surface area contributed by atoms with Gasteiger partial charge in [-0.25, -0.2) is 0 Å². The van der Waals surface area contributed by atoms with E-state index in [4.69, 9.17) is 5.73 Å². The lowest BCUT2D eigenvalue weighted by Crippen LogP contribution is -2.37. The maximum absolute atomic E-state index is 9.64. The molecule has 0 amide bonds. The summed E-state index contributed by atoms with van der Waals surface area (Å²) in [6.45, 7) is 2.11. The van der Waals surface area contributed by atoms with E-state index in [1.54, 1.807) is 0 Å². The molecule has 3 rings (SSSR count). The Bertz CT molecular complexity index is 614. The Balaban J connectivity index is 1.91. The molecule has 1 atom stereocenters. The number of nitrogens with zero attached hydrogens (tertiary/aromatic N) is 2. The van der Waals surface area contributed by atoms with Crippen LogP contribution >= 0.6 is 0 Å². The third-order valence-electron chi connectivity index (χ3n) is 4.47. The van der Waals surface area contributed by atoms with Crippen LogP contribution in [0.25, 0.3) is 10.9 Å². The Morgan fingerprint density at radius 3 is 3.00 bits per heavy atom. The summed E-state index contributed by atoms with van der Waals surface area (Å²) in [5, 5.41) is 10.7. The molecule has 4 nitrogen and oxygen atoms in total. The Morgan fingerprint density at radius 2 is 2.14 bits per heavy atom. The number of fused-ring (bicyclic) bond motifs is 1. The largest absolute Gasteiger partial charge is 0.398 e. The maximum Gasteiger partial charge on any atom is 0.0767 e. The van der Waals surface area contributed by atoms with E-state index in [9.17, 15) is 5.11 Å². The smallest absolute Gasteiger partial charge is 0.0767 e. The molecule has 1 unspecified atom stereocenters. The average Bonchev–Trinajstić information content (AvgIpc) is 2.75. The first-order valence-electron chi connectivity index (χ1n) is 7.76. The van der Waals surface area contributed by atoms with Gasteiger partial charge < -0.3 is 10.8 Å². The zero-order chi connectivity index (χ0) is 14.7. The summed E-state index contributed by atoms with van der Waals surface area (Å²) in [4.78, 5) is 6.91. The molecule has 2 heterocycles. The van der Waals surface area contributed by atoms with Crippen LogP contribution in [-0.2, 0) is 6.54 Å². The predicted molar refractivity (Wildman–Crippen MR) is 85.9 cm³/mol. The van der Waals surface area contributed by atoms with Crippen molar-refractivity contribution in [3.63, 3.8) is 0 Å². The quantitative estimate of drug-likeness (QED) is 0.851. The van der Waals surface area contributed by atoms with Gasteiger partial charge in [-0.2, -0.15) is 0 Å². The lowest BCUT2D eigenvalue weighted by molar-refractivity contribution is 0.119. The molecule has 4 heteroatoms. The van der Waals surface area contributed by atoms with Gasteiger partial charge in [0.2, 0.25) is 0 Å². The number of benzene rings is 1. The van der Waals surface area contributed by atoms with Crippen molar-refractivity contribution >= 4 is 16.6 Å². The average molecular weight is 285 g/mol. The van der Waals surface area contributed by atoms with Crippen LogP contribution in [0, 0.1) is 0 Å². The molecule has 1 aromatic heterocycles. The molecule has 3 N–H and O–H groups in total. The van der Waals surface area contributed by atoms with Crippen molar-refractivity contribution in [2.24, 2.45) is 0 Å². The highest BCUT2D eigenvalue weighted by Crippen LogP contribution is 2.26. The molecule has 1 aromatic carbocycles. The molecule has 0 aliphatic carbocycles.